The van der Waals surface area contributed by atoms with Gasteiger partial charge >= 0.3 is 0 Å². The van der Waals surface area contributed by atoms with E-state index >= 15 is 0 Å². The average Bonchev–Trinajstić information content (AvgIpc) is 2.78. The van der Waals surface area contributed by atoms with Gasteiger partial charge in [0.2, 0.25) is 6.41 Å². The SMILES string of the molecule is CNc1cccc(C)c1COc1cccc(-c2ccc(SC)cc2)c1.NNC=O. The van der Waals surface area contributed by atoms with Crippen LogP contribution < -0.4 is 21.3 Å². The Morgan fingerprint density at radius 1 is 1.03 bits per heavy atom. The van der Waals surface area contributed by atoms with E-state index in [1.807, 2.05) is 19.2 Å². The third-order valence-corrected chi connectivity index (χ3v) is 5.13. The summed E-state index contributed by atoms with van der Waals surface area (Å²) in [5.41, 5.74) is 7.66. The fourth-order valence-corrected chi connectivity index (χ4v) is 3.24. The second-order valence-electron chi connectivity index (χ2n) is 6.18. The van der Waals surface area contributed by atoms with Gasteiger partial charge in [0, 0.05) is 23.2 Å². The van der Waals surface area contributed by atoms with Gasteiger partial charge in [-0.3, -0.25) is 10.2 Å². The van der Waals surface area contributed by atoms with Crippen molar-refractivity contribution in [3.63, 3.8) is 0 Å². The molecule has 0 aliphatic rings. The van der Waals surface area contributed by atoms with Crippen molar-refractivity contribution in [1.82, 2.24) is 5.43 Å². The predicted octanol–water partition coefficient (Wildman–Crippen LogP) is 4.61. The molecular formula is C23H27N3O2S. The molecule has 0 atom stereocenters. The summed E-state index contributed by atoms with van der Waals surface area (Å²) >= 11 is 1.76. The Labute approximate surface area is 176 Å². The van der Waals surface area contributed by atoms with Crippen molar-refractivity contribution >= 4 is 23.9 Å². The van der Waals surface area contributed by atoms with Crippen molar-refractivity contribution in [2.24, 2.45) is 5.84 Å². The summed E-state index contributed by atoms with van der Waals surface area (Å²) < 4.78 is 6.08. The molecule has 0 heterocycles. The number of benzene rings is 3. The predicted molar refractivity (Wildman–Crippen MR) is 122 cm³/mol. The lowest BCUT2D eigenvalue weighted by atomic mass is 10.1. The van der Waals surface area contributed by atoms with Gasteiger partial charge < -0.3 is 10.1 Å². The molecule has 3 aromatic carbocycles. The molecule has 0 radical (unpaired) electrons. The minimum atomic E-state index is 0.403. The summed E-state index contributed by atoms with van der Waals surface area (Å²) in [6.07, 6.45) is 2.49. The van der Waals surface area contributed by atoms with Crippen LogP contribution in [0.1, 0.15) is 11.1 Å². The van der Waals surface area contributed by atoms with Crippen LogP contribution in [0.25, 0.3) is 11.1 Å². The molecule has 29 heavy (non-hydrogen) atoms. The molecular weight excluding hydrogens is 382 g/mol. The van der Waals surface area contributed by atoms with Crippen molar-refractivity contribution in [1.29, 1.82) is 0 Å². The number of ether oxygens (including phenoxy) is 1. The van der Waals surface area contributed by atoms with E-state index in [0.717, 1.165) is 11.4 Å². The van der Waals surface area contributed by atoms with E-state index in [1.54, 1.807) is 17.2 Å². The number of carbonyl (C=O) groups is 1. The Balaban J connectivity index is 0.000000687. The Morgan fingerprint density at radius 2 is 1.72 bits per heavy atom. The molecule has 0 aliphatic carbocycles. The standard InChI is InChI=1S/C22H23NOS.CH4N2O/c1-16-6-4-9-22(23-2)21(16)15-24-19-8-5-7-18(14-19)17-10-12-20(25-3)13-11-17;2-3-1-4/h4-14,23H,15H2,1-3H3;1H,2H2,(H,3,4). The van der Waals surface area contributed by atoms with Crippen molar-refractivity contribution in [3.8, 4) is 16.9 Å². The highest BCUT2D eigenvalue weighted by Gasteiger charge is 2.06. The van der Waals surface area contributed by atoms with Gasteiger partial charge in [-0.25, -0.2) is 5.84 Å². The molecule has 0 fully saturated rings. The number of anilines is 1. The number of nitrogens with one attached hydrogen (secondary N) is 2. The molecule has 6 heteroatoms. The Morgan fingerprint density at radius 3 is 2.34 bits per heavy atom. The molecule has 3 aromatic rings. The van der Waals surface area contributed by atoms with Crippen molar-refractivity contribution < 1.29 is 9.53 Å². The quantitative estimate of drug-likeness (QED) is 0.175. The number of hydrogen-bond acceptors (Lipinski definition) is 5. The molecule has 0 bridgehead atoms. The van der Waals surface area contributed by atoms with Gasteiger partial charge in [0.15, 0.2) is 0 Å². The third-order valence-electron chi connectivity index (χ3n) is 4.39. The number of thioether (sulfide) groups is 1. The van der Waals surface area contributed by atoms with Crippen LogP contribution in [0.3, 0.4) is 0 Å². The molecule has 0 aromatic heterocycles. The van der Waals surface area contributed by atoms with Crippen LogP contribution in [0.2, 0.25) is 0 Å². The fraction of sp³-hybridized carbons (Fsp3) is 0.174. The van der Waals surface area contributed by atoms with E-state index in [4.69, 9.17) is 9.53 Å². The van der Waals surface area contributed by atoms with E-state index in [2.05, 4.69) is 78.9 Å². The summed E-state index contributed by atoms with van der Waals surface area (Å²) in [5.74, 6) is 5.30. The maximum atomic E-state index is 8.94. The van der Waals surface area contributed by atoms with E-state index in [9.17, 15) is 0 Å². The summed E-state index contributed by atoms with van der Waals surface area (Å²) in [6, 6.07) is 23.2. The van der Waals surface area contributed by atoms with Crippen LogP contribution in [0.15, 0.2) is 71.6 Å². The van der Waals surface area contributed by atoms with Gasteiger partial charge in [-0.05, 0) is 60.2 Å². The minimum Gasteiger partial charge on any atom is -0.489 e. The molecule has 0 saturated carbocycles. The monoisotopic (exact) mass is 409 g/mol. The largest absolute Gasteiger partial charge is 0.489 e. The number of carbonyl (C=O) groups excluding carboxylic acids is 1. The van der Waals surface area contributed by atoms with Crippen LogP contribution in [-0.2, 0) is 11.4 Å². The molecule has 4 N–H and O–H groups in total. The molecule has 0 unspecified atom stereocenters. The van der Waals surface area contributed by atoms with E-state index in [1.165, 1.54) is 27.1 Å². The first kappa shape index (κ1) is 22.3. The van der Waals surface area contributed by atoms with Gasteiger partial charge in [-0.1, -0.05) is 36.4 Å². The highest BCUT2D eigenvalue weighted by atomic mass is 32.2. The van der Waals surface area contributed by atoms with Crippen LogP contribution in [0.5, 0.6) is 5.75 Å². The average molecular weight is 410 g/mol. The highest BCUT2D eigenvalue weighted by molar-refractivity contribution is 7.98. The van der Waals surface area contributed by atoms with Crippen molar-refractivity contribution in [3.05, 3.63) is 77.9 Å². The van der Waals surface area contributed by atoms with Crippen LogP contribution >= 0.6 is 11.8 Å². The Bertz CT molecular complexity index is 914. The summed E-state index contributed by atoms with van der Waals surface area (Å²) in [4.78, 5) is 10.2. The van der Waals surface area contributed by atoms with Gasteiger partial charge in [0.05, 0.1) is 0 Å². The van der Waals surface area contributed by atoms with Gasteiger partial charge in [0.25, 0.3) is 0 Å². The third kappa shape index (κ3) is 6.55. The smallest absolute Gasteiger partial charge is 0.221 e. The maximum Gasteiger partial charge on any atom is 0.221 e. The number of hydrazine groups is 1. The summed E-state index contributed by atoms with van der Waals surface area (Å²) in [7, 11) is 1.94. The van der Waals surface area contributed by atoms with E-state index in [-0.39, 0.29) is 0 Å². The van der Waals surface area contributed by atoms with Crippen molar-refractivity contribution in [2.45, 2.75) is 18.4 Å². The Hall–Kier alpha value is -2.96. The zero-order valence-electron chi connectivity index (χ0n) is 16.9. The molecule has 0 spiro atoms. The highest BCUT2D eigenvalue weighted by Crippen LogP contribution is 2.27. The topological polar surface area (TPSA) is 76.4 Å². The van der Waals surface area contributed by atoms with E-state index in [0.29, 0.717) is 13.0 Å². The number of aryl methyl sites for hydroxylation is 1. The van der Waals surface area contributed by atoms with Crippen LogP contribution in [0.4, 0.5) is 5.69 Å². The van der Waals surface area contributed by atoms with Crippen molar-refractivity contribution in [2.75, 3.05) is 18.6 Å². The number of amides is 1. The lowest BCUT2D eigenvalue weighted by molar-refractivity contribution is -0.109. The lowest BCUT2D eigenvalue weighted by Gasteiger charge is -2.14. The van der Waals surface area contributed by atoms with Gasteiger partial charge in [0.1, 0.15) is 12.4 Å². The second-order valence-corrected chi connectivity index (χ2v) is 7.06. The first-order valence-electron chi connectivity index (χ1n) is 9.16. The molecule has 1 amide bonds. The van der Waals surface area contributed by atoms with Gasteiger partial charge in [-0.2, -0.15) is 0 Å². The Kier molecular flexibility index (Phi) is 9.08. The molecule has 3 rings (SSSR count). The van der Waals surface area contributed by atoms with Crippen LogP contribution in [-0.4, -0.2) is 19.7 Å². The lowest BCUT2D eigenvalue weighted by Crippen LogP contribution is -2.18. The number of hydrogen-bond donors (Lipinski definition) is 3. The summed E-state index contributed by atoms with van der Waals surface area (Å²) in [5, 5.41) is 3.24. The fourth-order valence-electron chi connectivity index (χ4n) is 2.83. The zero-order chi connectivity index (χ0) is 21.1. The molecule has 0 aliphatic heterocycles. The van der Waals surface area contributed by atoms with E-state index < -0.39 is 0 Å². The first-order valence-corrected chi connectivity index (χ1v) is 10.4. The zero-order valence-corrected chi connectivity index (χ0v) is 17.8. The minimum absolute atomic E-state index is 0.403. The molecule has 5 nitrogen and oxygen atoms in total. The molecule has 152 valence electrons. The first-order chi connectivity index (χ1) is 14.1. The van der Waals surface area contributed by atoms with Gasteiger partial charge in [-0.15, -0.1) is 11.8 Å². The maximum absolute atomic E-state index is 8.94. The summed E-state index contributed by atoms with van der Waals surface area (Å²) in [6.45, 7) is 2.67. The number of rotatable bonds is 7. The molecule has 0 saturated heterocycles. The number of nitrogens with two attached hydrogens (primary N) is 1. The second kappa shape index (κ2) is 11.8. The van der Waals surface area contributed by atoms with Crippen LogP contribution in [0, 0.1) is 6.92 Å². The normalized spacial score (nSPS) is 9.79.